The van der Waals surface area contributed by atoms with Crippen molar-refractivity contribution < 1.29 is 14.3 Å². The molecule has 0 N–H and O–H groups in total. The maximum Gasteiger partial charge on any atom is 0.338 e. The molecule has 1 aromatic carbocycles. The summed E-state index contributed by atoms with van der Waals surface area (Å²) in [5, 5.41) is 8.97. The molecule has 0 bridgehead atoms. The molecule has 1 aromatic rings. The van der Waals surface area contributed by atoms with Gasteiger partial charge in [-0.25, -0.2) is 4.79 Å². The van der Waals surface area contributed by atoms with Gasteiger partial charge in [0.1, 0.15) is 6.10 Å². The van der Waals surface area contributed by atoms with Crippen molar-refractivity contribution >= 4 is 11.8 Å². The van der Waals surface area contributed by atoms with Crippen molar-refractivity contribution in [3.8, 4) is 6.07 Å². The lowest BCUT2D eigenvalue weighted by Crippen LogP contribution is -2.30. The van der Waals surface area contributed by atoms with Gasteiger partial charge in [0.15, 0.2) is 5.78 Å². The van der Waals surface area contributed by atoms with Crippen LogP contribution in [0.4, 0.5) is 0 Å². The first-order valence-electron chi connectivity index (χ1n) is 6.01. The molecule has 100 valence electrons. The molecule has 0 aliphatic heterocycles. The van der Waals surface area contributed by atoms with E-state index in [0.29, 0.717) is 11.1 Å². The molecule has 0 aromatic heterocycles. The largest absolute Gasteiger partial charge is 0.457 e. The van der Waals surface area contributed by atoms with E-state index in [1.165, 1.54) is 6.92 Å². The van der Waals surface area contributed by atoms with E-state index >= 15 is 0 Å². The summed E-state index contributed by atoms with van der Waals surface area (Å²) in [6.07, 6.45) is -0.516. The minimum Gasteiger partial charge on any atom is -0.457 e. The van der Waals surface area contributed by atoms with Crippen LogP contribution in [0.3, 0.4) is 0 Å². The Labute approximate surface area is 113 Å². The molecule has 4 heteroatoms. The van der Waals surface area contributed by atoms with Crippen LogP contribution in [0.15, 0.2) is 24.3 Å². The van der Waals surface area contributed by atoms with Crippen LogP contribution in [0.25, 0.3) is 0 Å². The van der Waals surface area contributed by atoms with E-state index in [0.717, 1.165) is 0 Å². The molecule has 1 rings (SSSR count). The summed E-state index contributed by atoms with van der Waals surface area (Å²) in [4.78, 5) is 23.0. The first kappa shape index (κ1) is 14.9. The maximum atomic E-state index is 11.9. The summed E-state index contributed by atoms with van der Waals surface area (Å²) in [7, 11) is 0. The first-order chi connectivity index (χ1) is 8.77. The van der Waals surface area contributed by atoms with Crippen LogP contribution in [0, 0.1) is 16.7 Å². The zero-order valence-electron chi connectivity index (χ0n) is 11.6. The summed E-state index contributed by atoms with van der Waals surface area (Å²) in [5.74, 6) is -0.551. The smallest absolute Gasteiger partial charge is 0.338 e. The molecule has 0 aliphatic rings. The first-order valence-corrected chi connectivity index (χ1v) is 6.01. The number of Topliss-reactive ketones (excluding diaryl/α,β-unsaturated/α-hetero) is 1. The quantitative estimate of drug-likeness (QED) is 0.615. The number of rotatable bonds is 4. The predicted octanol–water partition coefficient (Wildman–Crippen LogP) is 2.98. The highest BCUT2D eigenvalue weighted by molar-refractivity contribution is 5.96. The molecule has 0 aliphatic carbocycles. The summed E-state index contributed by atoms with van der Waals surface area (Å²) in [6.45, 7) is 6.57. The van der Waals surface area contributed by atoms with Gasteiger partial charge < -0.3 is 4.74 Å². The zero-order valence-corrected chi connectivity index (χ0v) is 11.6. The Balaban J connectivity index is 2.80. The Morgan fingerprint density at radius 3 is 2.11 bits per heavy atom. The lowest BCUT2D eigenvalue weighted by atomic mass is 9.89. The van der Waals surface area contributed by atoms with Crippen LogP contribution < -0.4 is 0 Å². The number of hydrogen-bond acceptors (Lipinski definition) is 4. The molecular weight excluding hydrogens is 242 g/mol. The van der Waals surface area contributed by atoms with Crippen LogP contribution >= 0.6 is 0 Å². The number of benzene rings is 1. The normalized spacial score (nSPS) is 12.4. The Morgan fingerprint density at radius 2 is 1.68 bits per heavy atom. The van der Waals surface area contributed by atoms with E-state index < -0.39 is 17.5 Å². The van der Waals surface area contributed by atoms with Crippen molar-refractivity contribution in [2.75, 3.05) is 0 Å². The summed E-state index contributed by atoms with van der Waals surface area (Å²) < 4.78 is 5.25. The summed E-state index contributed by atoms with van der Waals surface area (Å²) in [5.41, 5.74) is 0.169. The fourth-order valence-electron chi connectivity index (χ4n) is 1.31. The van der Waals surface area contributed by atoms with Crippen molar-refractivity contribution in [1.82, 2.24) is 0 Å². The molecule has 0 amide bonds. The molecule has 0 radical (unpaired) electrons. The molecule has 0 spiro atoms. The molecule has 19 heavy (non-hydrogen) atoms. The third-order valence-corrected chi connectivity index (χ3v) is 3.12. The van der Waals surface area contributed by atoms with E-state index in [2.05, 4.69) is 6.07 Å². The van der Waals surface area contributed by atoms with Gasteiger partial charge in [0, 0.05) is 5.56 Å². The fourth-order valence-corrected chi connectivity index (χ4v) is 1.31. The van der Waals surface area contributed by atoms with Crippen LogP contribution in [0.5, 0.6) is 0 Å². The Hall–Kier alpha value is -2.15. The molecule has 0 fully saturated rings. The van der Waals surface area contributed by atoms with Gasteiger partial charge in [0.2, 0.25) is 0 Å². The van der Waals surface area contributed by atoms with Gasteiger partial charge in [-0.3, -0.25) is 4.79 Å². The number of carbonyl (C=O) groups excluding carboxylic acids is 2. The minimum absolute atomic E-state index is 0.0566. The average molecular weight is 259 g/mol. The number of carbonyl (C=O) groups is 2. The van der Waals surface area contributed by atoms with Crippen LogP contribution in [0.1, 0.15) is 48.4 Å². The highest BCUT2D eigenvalue weighted by Crippen LogP contribution is 2.22. The second kappa shape index (κ2) is 5.66. The number of esters is 1. The van der Waals surface area contributed by atoms with E-state index in [4.69, 9.17) is 10.00 Å². The molecule has 0 saturated heterocycles. The number of nitrogens with zero attached hydrogens (tertiary/aromatic N) is 1. The number of ketones is 1. The molecular formula is C15H17NO3. The summed E-state index contributed by atoms with van der Waals surface area (Å²) >= 11 is 0. The van der Waals surface area contributed by atoms with Gasteiger partial charge in [-0.05, 0) is 39.8 Å². The molecule has 0 heterocycles. The van der Waals surface area contributed by atoms with Gasteiger partial charge in [-0.2, -0.15) is 5.26 Å². The molecule has 4 nitrogen and oxygen atoms in total. The van der Waals surface area contributed by atoms with E-state index in [9.17, 15) is 9.59 Å². The summed E-state index contributed by atoms with van der Waals surface area (Å²) in [6, 6.07) is 8.36. The van der Waals surface area contributed by atoms with Crippen molar-refractivity contribution in [3.05, 3.63) is 35.4 Å². The second-order valence-electron chi connectivity index (χ2n) is 5.01. The topological polar surface area (TPSA) is 67.2 Å². The highest BCUT2D eigenvalue weighted by atomic mass is 16.5. The SMILES string of the molecule is CC(=O)c1ccc(C(=O)OC(C)C(C)(C)C#N)cc1. The van der Waals surface area contributed by atoms with Crippen LogP contribution in [-0.2, 0) is 4.74 Å². The third kappa shape index (κ3) is 3.65. The fraction of sp³-hybridized carbons (Fsp3) is 0.400. The van der Waals surface area contributed by atoms with Gasteiger partial charge in [-0.15, -0.1) is 0 Å². The Kier molecular flexibility index (Phi) is 4.44. The van der Waals surface area contributed by atoms with E-state index in [1.54, 1.807) is 45.0 Å². The van der Waals surface area contributed by atoms with Gasteiger partial charge in [0.25, 0.3) is 0 Å². The lowest BCUT2D eigenvalue weighted by molar-refractivity contribution is 0.0129. The van der Waals surface area contributed by atoms with Crippen molar-refractivity contribution in [3.63, 3.8) is 0 Å². The standard InChI is InChI=1S/C15H17NO3/c1-10(17)12-5-7-13(8-6-12)14(18)19-11(2)15(3,4)9-16/h5-8,11H,1-4H3. The number of ether oxygens (including phenoxy) is 1. The third-order valence-electron chi connectivity index (χ3n) is 3.12. The minimum atomic E-state index is -0.741. The second-order valence-corrected chi connectivity index (χ2v) is 5.01. The van der Waals surface area contributed by atoms with E-state index in [1.807, 2.05) is 0 Å². The van der Waals surface area contributed by atoms with Crippen LogP contribution in [0.2, 0.25) is 0 Å². The van der Waals surface area contributed by atoms with Crippen molar-refractivity contribution in [2.24, 2.45) is 5.41 Å². The molecule has 1 atom stereocenters. The number of hydrogen-bond donors (Lipinski definition) is 0. The Bertz CT molecular complexity index is 523. The molecule has 0 saturated carbocycles. The van der Waals surface area contributed by atoms with Crippen molar-refractivity contribution in [1.29, 1.82) is 5.26 Å². The molecule has 1 unspecified atom stereocenters. The highest BCUT2D eigenvalue weighted by Gasteiger charge is 2.29. The van der Waals surface area contributed by atoms with Crippen LogP contribution in [-0.4, -0.2) is 17.9 Å². The van der Waals surface area contributed by atoms with Crippen molar-refractivity contribution in [2.45, 2.75) is 33.8 Å². The average Bonchev–Trinajstić information content (AvgIpc) is 2.38. The van der Waals surface area contributed by atoms with E-state index in [-0.39, 0.29) is 5.78 Å². The van der Waals surface area contributed by atoms with Gasteiger partial charge >= 0.3 is 5.97 Å². The maximum absolute atomic E-state index is 11.9. The van der Waals surface area contributed by atoms with Gasteiger partial charge in [-0.1, -0.05) is 12.1 Å². The van der Waals surface area contributed by atoms with Gasteiger partial charge in [0.05, 0.1) is 17.0 Å². The number of nitriles is 1. The predicted molar refractivity (Wildman–Crippen MR) is 70.7 cm³/mol. The monoisotopic (exact) mass is 259 g/mol. The lowest BCUT2D eigenvalue weighted by Gasteiger charge is -2.24. The Morgan fingerprint density at radius 1 is 1.21 bits per heavy atom. The zero-order chi connectivity index (χ0) is 14.6.